The first-order valence-electron chi connectivity index (χ1n) is 11.8. The summed E-state index contributed by atoms with van der Waals surface area (Å²) in [5.74, 6) is -0.201. The molecule has 0 saturated heterocycles. The smallest absolute Gasteiger partial charge is 0.408 e. The van der Waals surface area contributed by atoms with Crippen molar-refractivity contribution < 1.29 is 23.9 Å². The summed E-state index contributed by atoms with van der Waals surface area (Å²) in [5.41, 5.74) is 6.88. The highest BCUT2D eigenvalue weighted by Gasteiger charge is 2.30. The Morgan fingerprint density at radius 2 is 1.86 bits per heavy atom. The van der Waals surface area contributed by atoms with Crippen LogP contribution in [0.5, 0.6) is 0 Å². The monoisotopic (exact) mass is 490 g/mol. The molecule has 11 heteroatoms. The van der Waals surface area contributed by atoms with Gasteiger partial charge in [-0.05, 0) is 52.5 Å². The number of amides is 2. The van der Waals surface area contributed by atoms with Gasteiger partial charge in [-0.2, -0.15) is 0 Å². The number of nitrogens with one attached hydrogen (secondary N) is 2. The van der Waals surface area contributed by atoms with E-state index in [9.17, 15) is 14.4 Å². The summed E-state index contributed by atoms with van der Waals surface area (Å²) in [6.45, 7) is 11.0. The van der Waals surface area contributed by atoms with Crippen molar-refractivity contribution in [2.45, 2.75) is 78.5 Å². The van der Waals surface area contributed by atoms with Gasteiger partial charge in [0, 0.05) is 13.5 Å². The number of fused-ring (bicyclic) bond motifs is 1. The maximum atomic E-state index is 13.2. The van der Waals surface area contributed by atoms with Crippen molar-refractivity contribution in [3.05, 3.63) is 18.1 Å². The van der Waals surface area contributed by atoms with E-state index < -0.39 is 35.7 Å². The van der Waals surface area contributed by atoms with Gasteiger partial charge in [0.2, 0.25) is 5.91 Å². The number of anilines is 1. The van der Waals surface area contributed by atoms with E-state index in [1.54, 1.807) is 40.0 Å². The van der Waals surface area contributed by atoms with Crippen molar-refractivity contribution in [2.75, 3.05) is 12.3 Å². The van der Waals surface area contributed by atoms with Crippen molar-refractivity contribution in [3.63, 3.8) is 0 Å². The lowest BCUT2D eigenvalue weighted by Gasteiger charge is -2.25. The molecule has 2 amide bonds. The molecule has 35 heavy (non-hydrogen) atoms. The lowest BCUT2D eigenvalue weighted by Crippen LogP contribution is -2.53. The van der Waals surface area contributed by atoms with E-state index in [2.05, 4.69) is 20.6 Å². The molecule has 2 rings (SSSR count). The Morgan fingerprint density at radius 3 is 2.46 bits per heavy atom. The fraction of sp³-hybridized carbons (Fsp3) is 0.625. The van der Waals surface area contributed by atoms with Crippen LogP contribution in [-0.4, -0.2) is 56.8 Å². The Morgan fingerprint density at radius 1 is 1.17 bits per heavy atom. The third kappa shape index (κ3) is 8.41. The molecule has 0 aliphatic heterocycles. The molecule has 11 nitrogen and oxygen atoms in total. The Labute approximate surface area is 206 Å². The first-order valence-corrected chi connectivity index (χ1v) is 11.8. The molecule has 0 radical (unpaired) electrons. The fourth-order valence-corrected chi connectivity index (χ4v) is 3.55. The van der Waals surface area contributed by atoms with Gasteiger partial charge in [0.1, 0.15) is 29.0 Å². The van der Waals surface area contributed by atoms with E-state index in [4.69, 9.17) is 15.2 Å². The van der Waals surface area contributed by atoms with Crippen molar-refractivity contribution in [1.82, 2.24) is 25.2 Å². The van der Waals surface area contributed by atoms with Gasteiger partial charge in [-0.15, -0.1) is 0 Å². The summed E-state index contributed by atoms with van der Waals surface area (Å²) in [6, 6.07) is -0.0646. The van der Waals surface area contributed by atoms with E-state index in [1.807, 2.05) is 25.5 Å². The molecule has 0 fully saturated rings. The number of nitrogen functional groups attached to an aromatic ring is 1. The second kappa shape index (κ2) is 11.9. The van der Waals surface area contributed by atoms with E-state index in [1.165, 1.54) is 0 Å². The molecule has 2 heterocycles. The Kier molecular flexibility index (Phi) is 9.44. The van der Waals surface area contributed by atoms with Crippen molar-refractivity contribution in [3.8, 4) is 0 Å². The van der Waals surface area contributed by atoms with Gasteiger partial charge in [-0.25, -0.2) is 19.6 Å². The number of hydrogen-bond donors (Lipinski definition) is 3. The van der Waals surface area contributed by atoms with Crippen molar-refractivity contribution in [2.24, 2.45) is 13.0 Å². The van der Waals surface area contributed by atoms with Crippen molar-refractivity contribution >= 4 is 34.8 Å². The Bertz CT molecular complexity index is 1040. The number of aryl methyl sites for hydroxylation is 2. The van der Waals surface area contributed by atoms with Crippen LogP contribution in [0.3, 0.4) is 0 Å². The van der Waals surface area contributed by atoms with Gasteiger partial charge in [0.15, 0.2) is 5.65 Å². The number of esters is 1. The minimum atomic E-state index is -0.966. The zero-order valence-corrected chi connectivity index (χ0v) is 21.7. The van der Waals surface area contributed by atoms with Crippen LogP contribution in [0, 0.1) is 5.92 Å². The summed E-state index contributed by atoms with van der Waals surface area (Å²) in [7, 11) is 1.82. The number of pyridine rings is 1. The minimum Gasteiger partial charge on any atom is -0.464 e. The number of imidazole rings is 1. The SMILES string of the molecule is CCOC(=O)C(CC(C)C)NC(=O)C(CCc1nc2cc(N)cnc2n1C)NC(=O)OC(C)(C)C. The molecular formula is C24H38N6O5. The number of nitrogens with zero attached hydrogens (tertiary/aromatic N) is 3. The predicted molar refractivity (Wildman–Crippen MR) is 132 cm³/mol. The molecule has 0 saturated carbocycles. The molecule has 194 valence electrons. The molecule has 2 atom stereocenters. The summed E-state index contributed by atoms with van der Waals surface area (Å²) < 4.78 is 12.3. The summed E-state index contributed by atoms with van der Waals surface area (Å²) in [4.78, 5) is 47.0. The largest absolute Gasteiger partial charge is 0.464 e. The highest BCUT2D eigenvalue weighted by atomic mass is 16.6. The standard InChI is InChI=1S/C24H38N6O5/c1-8-34-22(32)18(11-14(2)3)28-21(31)16(29-23(33)35-24(4,5)6)9-10-19-27-17-12-15(25)13-26-20(17)30(19)7/h12-14,16,18H,8-11,25H2,1-7H3,(H,28,31)(H,29,33). The van der Waals surface area contributed by atoms with Gasteiger partial charge in [0.25, 0.3) is 0 Å². The van der Waals surface area contributed by atoms with Crippen LogP contribution in [-0.2, 0) is 32.5 Å². The molecule has 0 bridgehead atoms. The average Bonchev–Trinajstić information content (AvgIpc) is 3.03. The lowest BCUT2D eigenvalue weighted by molar-refractivity contribution is -0.148. The fourth-order valence-electron chi connectivity index (χ4n) is 3.55. The van der Waals surface area contributed by atoms with E-state index in [-0.39, 0.29) is 18.9 Å². The molecule has 0 aromatic carbocycles. The van der Waals surface area contributed by atoms with Gasteiger partial charge in [-0.3, -0.25) is 4.79 Å². The van der Waals surface area contributed by atoms with Crippen LogP contribution in [0.15, 0.2) is 12.3 Å². The van der Waals surface area contributed by atoms with Crippen molar-refractivity contribution in [1.29, 1.82) is 0 Å². The molecule has 2 unspecified atom stereocenters. The zero-order chi connectivity index (χ0) is 26.3. The molecule has 2 aromatic rings. The third-order valence-electron chi connectivity index (χ3n) is 5.08. The highest BCUT2D eigenvalue weighted by molar-refractivity contribution is 5.89. The number of aromatic nitrogens is 3. The number of carbonyl (C=O) groups excluding carboxylic acids is 3. The topological polar surface area (TPSA) is 150 Å². The maximum absolute atomic E-state index is 13.2. The van der Waals surface area contributed by atoms with Gasteiger partial charge in [0.05, 0.1) is 18.5 Å². The van der Waals surface area contributed by atoms with Crippen LogP contribution in [0.25, 0.3) is 11.2 Å². The maximum Gasteiger partial charge on any atom is 0.408 e. The third-order valence-corrected chi connectivity index (χ3v) is 5.08. The molecule has 0 spiro atoms. The van der Waals surface area contributed by atoms with Gasteiger partial charge >= 0.3 is 12.1 Å². The van der Waals surface area contributed by atoms with Crippen LogP contribution in [0.4, 0.5) is 10.5 Å². The number of rotatable bonds is 10. The Balaban J connectivity index is 2.23. The van der Waals surface area contributed by atoms with Crippen LogP contribution in [0.2, 0.25) is 0 Å². The number of nitrogens with two attached hydrogens (primary N) is 1. The zero-order valence-electron chi connectivity index (χ0n) is 21.7. The van der Waals surface area contributed by atoms with Crippen LogP contribution in [0.1, 0.15) is 60.2 Å². The first kappa shape index (κ1) is 27.9. The highest BCUT2D eigenvalue weighted by Crippen LogP contribution is 2.17. The van der Waals surface area contributed by atoms with E-state index in [0.717, 1.165) is 0 Å². The summed E-state index contributed by atoms with van der Waals surface area (Å²) in [6.07, 6.45) is 1.80. The van der Waals surface area contributed by atoms with Gasteiger partial charge in [-0.1, -0.05) is 13.8 Å². The average molecular weight is 491 g/mol. The molecular weight excluding hydrogens is 452 g/mol. The second-order valence-corrected chi connectivity index (χ2v) is 9.88. The van der Waals surface area contributed by atoms with Gasteiger partial charge < -0.3 is 30.4 Å². The number of alkyl carbamates (subject to hydrolysis) is 1. The lowest BCUT2D eigenvalue weighted by atomic mass is 10.0. The molecule has 4 N–H and O–H groups in total. The Hall–Kier alpha value is -3.37. The van der Waals surface area contributed by atoms with E-state index >= 15 is 0 Å². The summed E-state index contributed by atoms with van der Waals surface area (Å²) in [5, 5.41) is 5.38. The quantitative estimate of drug-likeness (QED) is 0.430. The molecule has 2 aromatic heterocycles. The molecule has 0 aliphatic rings. The number of ether oxygens (including phenoxy) is 2. The normalized spacial score (nSPS) is 13.4. The number of carbonyl (C=O) groups is 3. The summed E-state index contributed by atoms with van der Waals surface area (Å²) >= 11 is 0. The molecule has 0 aliphatic carbocycles. The first-order chi connectivity index (χ1) is 16.3. The van der Waals surface area contributed by atoms with E-state index in [0.29, 0.717) is 35.5 Å². The van der Waals surface area contributed by atoms with Crippen LogP contribution >= 0.6 is 0 Å². The predicted octanol–water partition coefficient (Wildman–Crippen LogP) is 2.47. The van der Waals surface area contributed by atoms with Crippen LogP contribution < -0.4 is 16.4 Å². The second-order valence-electron chi connectivity index (χ2n) is 9.88. The minimum absolute atomic E-state index is 0.141. The number of hydrogen-bond acceptors (Lipinski definition) is 8.